The number of hydrogen-bond acceptors (Lipinski definition) is 2. The zero-order chi connectivity index (χ0) is 42.5. The van der Waals surface area contributed by atoms with Crippen molar-refractivity contribution < 1.29 is 43.7 Å². The number of benzene rings is 2. The van der Waals surface area contributed by atoms with Crippen molar-refractivity contribution in [2.24, 2.45) is 22.7 Å². The van der Waals surface area contributed by atoms with Gasteiger partial charge in [0.15, 0.2) is 0 Å². The normalized spacial score (nSPS) is 18.0. The zero-order valence-corrected chi connectivity index (χ0v) is 37.9. The van der Waals surface area contributed by atoms with E-state index in [1.165, 1.54) is 34.1 Å². The number of rotatable bonds is 16. The number of allylic oxidation sites excluding steroid dienone is 8. The van der Waals surface area contributed by atoms with E-state index in [-0.39, 0.29) is 68.7 Å². The fourth-order valence-electron chi connectivity index (χ4n) is 10.6. The van der Waals surface area contributed by atoms with Gasteiger partial charge in [-0.05, 0) is 0 Å². The summed E-state index contributed by atoms with van der Waals surface area (Å²) in [4.78, 5) is 32.4. The molecule has 0 aromatic heterocycles. The molecule has 0 heterocycles. The number of amides is 2. The molecule has 0 aliphatic heterocycles. The van der Waals surface area contributed by atoms with Gasteiger partial charge in [0.1, 0.15) is 0 Å². The van der Waals surface area contributed by atoms with Crippen molar-refractivity contribution in [2.75, 3.05) is 22.9 Å². The molecule has 2 fully saturated rings. The second-order valence-corrected chi connectivity index (χ2v) is 24.9. The summed E-state index contributed by atoms with van der Waals surface area (Å²) in [5.74, 6) is -3.81. The van der Waals surface area contributed by atoms with Gasteiger partial charge in [-0.2, -0.15) is 0 Å². The standard InChI is InChI=1S/2C20H28F2NO.2C5H5.Ti/c2*1-4-12-20(2,3)19(24)23(14-15-8-6-5-7-9-15)18-11-10-16(21)13-17(18)22;2*1-2-4-5-3-1;/h2*10-11,15H,4-9,12,14H2,1-3H3;2*1-3H,4H2;. The summed E-state index contributed by atoms with van der Waals surface area (Å²) in [7, 11) is 0. The summed E-state index contributed by atoms with van der Waals surface area (Å²) in [5.41, 5.74) is -1.74. The molecule has 59 heavy (non-hydrogen) atoms. The molecule has 0 N–H and O–H groups in total. The maximum atomic E-state index is 18.4. The first-order chi connectivity index (χ1) is 28.2. The molecule has 0 atom stereocenters. The van der Waals surface area contributed by atoms with Crippen molar-refractivity contribution in [3.8, 4) is 0 Å². The van der Waals surface area contributed by atoms with E-state index < -0.39 is 50.7 Å². The van der Waals surface area contributed by atoms with Gasteiger partial charge in [0, 0.05) is 0 Å². The summed E-state index contributed by atoms with van der Waals surface area (Å²) >= 11 is -5.33. The molecule has 320 valence electrons. The van der Waals surface area contributed by atoms with E-state index in [0.29, 0.717) is 20.6 Å². The number of hydrogen-bond donors (Lipinski definition) is 0. The van der Waals surface area contributed by atoms with Gasteiger partial charge in [-0.15, -0.1) is 0 Å². The fraction of sp³-hybridized carbons (Fsp3) is 0.560. The number of carbonyl (C=O) groups is 2. The monoisotopic (exact) mass is 850 g/mol. The number of anilines is 2. The summed E-state index contributed by atoms with van der Waals surface area (Å²) in [6, 6.07) is 5.13. The Balaban J connectivity index is 1.64. The predicted octanol–water partition coefficient (Wildman–Crippen LogP) is 12.5. The Kier molecular flexibility index (Phi) is 14.8. The Morgan fingerprint density at radius 1 is 0.610 bits per heavy atom. The topological polar surface area (TPSA) is 40.6 Å². The quantitative estimate of drug-likeness (QED) is 0.125. The minimum absolute atomic E-state index is 0.0401. The van der Waals surface area contributed by atoms with Gasteiger partial charge >= 0.3 is 356 Å². The van der Waals surface area contributed by atoms with Gasteiger partial charge in [0.2, 0.25) is 0 Å². The van der Waals surface area contributed by atoms with Gasteiger partial charge in [0.05, 0.1) is 0 Å². The van der Waals surface area contributed by atoms with Crippen molar-refractivity contribution >= 4 is 30.9 Å². The van der Waals surface area contributed by atoms with E-state index in [2.05, 4.69) is 0 Å². The van der Waals surface area contributed by atoms with Gasteiger partial charge < -0.3 is 0 Å². The zero-order valence-electron chi connectivity index (χ0n) is 36.4. The van der Waals surface area contributed by atoms with Crippen LogP contribution in [0.5, 0.6) is 0 Å². The molecule has 4 nitrogen and oxygen atoms in total. The van der Waals surface area contributed by atoms with E-state index in [9.17, 15) is 9.59 Å². The molecule has 9 heteroatoms. The van der Waals surface area contributed by atoms with Crippen molar-refractivity contribution in [2.45, 2.75) is 144 Å². The van der Waals surface area contributed by atoms with Crippen LogP contribution >= 0.6 is 0 Å². The Morgan fingerprint density at radius 3 is 1.31 bits per heavy atom. The molecule has 2 aromatic carbocycles. The van der Waals surface area contributed by atoms with Crippen LogP contribution in [0.15, 0.2) is 68.5 Å². The summed E-state index contributed by atoms with van der Waals surface area (Å²) in [6.07, 6.45) is 24.0. The van der Waals surface area contributed by atoms with Gasteiger partial charge in [-0.3, -0.25) is 0 Å². The van der Waals surface area contributed by atoms with E-state index in [4.69, 9.17) is 0 Å². The molecule has 0 spiro atoms. The molecule has 0 radical (unpaired) electrons. The third kappa shape index (κ3) is 9.20. The molecule has 2 saturated carbocycles. The number of carbonyl (C=O) groups excluding carboxylic acids is 2. The molecule has 0 unspecified atom stereocenters. The molecule has 0 bridgehead atoms. The van der Waals surface area contributed by atoms with Crippen molar-refractivity contribution in [3.63, 3.8) is 0 Å². The molecule has 4 aliphatic carbocycles. The van der Waals surface area contributed by atoms with Gasteiger partial charge in [0.25, 0.3) is 0 Å². The summed E-state index contributed by atoms with van der Waals surface area (Å²) in [5, 5.41) is 0. The Labute approximate surface area is 354 Å². The third-order valence-electron chi connectivity index (χ3n) is 13.7. The molecular formula is C50H66F4N2O2Ti. The van der Waals surface area contributed by atoms with Crippen LogP contribution in [0.1, 0.15) is 144 Å². The fourth-order valence-corrected chi connectivity index (χ4v) is 18.9. The Morgan fingerprint density at radius 2 is 0.983 bits per heavy atom. The third-order valence-corrected chi connectivity index (χ3v) is 21.6. The average molecular weight is 851 g/mol. The summed E-state index contributed by atoms with van der Waals surface area (Å²) < 4.78 is 71.9. The van der Waals surface area contributed by atoms with Crippen LogP contribution in [0, 0.1) is 45.9 Å². The van der Waals surface area contributed by atoms with Gasteiger partial charge in [-0.1, -0.05) is 0 Å². The average Bonchev–Trinajstić information content (AvgIpc) is 3.96. The molecule has 2 amide bonds. The first-order valence-corrected chi connectivity index (χ1v) is 25.6. The van der Waals surface area contributed by atoms with Crippen LogP contribution < -0.4 is 17.5 Å². The van der Waals surface area contributed by atoms with Gasteiger partial charge in [-0.25, -0.2) is 0 Å². The van der Waals surface area contributed by atoms with Crippen molar-refractivity contribution in [1.82, 2.24) is 0 Å². The van der Waals surface area contributed by atoms with Crippen LogP contribution in [-0.4, -0.2) is 24.9 Å². The van der Waals surface area contributed by atoms with Crippen molar-refractivity contribution in [3.05, 3.63) is 91.7 Å². The Bertz CT molecular complexity index is 1840. The maximum absolute atomic E-state index is 18.4. The number of halogens is 4. The molecular weight excluding hydrogens is 784 g/mol. The van der Waals surface area contributed by atoms with E-state index in [1.807, 2.05) is 53.7 Å². The van der Waals surface area contributed by atoms with Crippen molar-refractivity contribution in [1.29, 1.82) is 0 Å². The Hall–Kier alpha value is -3.23. The molecule has 2 aromatic rings. The minimum atomic E-state index is -5.33. The second kappa shape index (κ2) is 19.2. The van der Waals surface area contributed by atoms with Crippen LogP contribution in [0.2, 0.25) is 0 Å². The van der Waals surface area contributed by atoms with Crippen LogP contribution in [0.3, 0.4) is 0 Å². The van der Waals surface area contributed by atoms with E-state index in [1.54, 1.807) is 24.3 Å². The molecule has 0 saturated heterocycles. The molecule has 4 aliphatic rings. The van der Waals surface area contributed by atoms with Crippen LogP contribution in [-0.2, 0) is 26.2 Å². The van der Waals surface area contributed by atoms with Crippen LogP contribution in [0.4, 0.5) is 28.9 Å². The SMILES string of the molecule is CCCC(C)(C)C(=O)N(CC1CCCCC1)c1ccc(F)[c]([Ti]([C]2=CC=CC2)([C]2=CC=CC2)[c]2c(F)ccc(N(CC3CCCCC3)C(=O)C(C)(C)CCC)c2F)c1F. The molecule has 6 rings (SSSR count). The van der Waals surface area contributed by atoms with E-state index >= 15 is 17.6 Å². The number of nitrogens with zero attached hydrogens (tertiary/aromatic N) is 2. The second-order valence-electron chi connectivity index (χ2n) is 19.0. The first kappa shape index (κ1) is 45.3. The first-order valence-electron chi connectivity index (χ1n) is 22.5. The predicted molar refractivity (Wildman–Crippen MR) is 231 cm³/mol. The summed E-state index contributed by atoms with van der Waals surface area (Å²) in [6.45, 7) is 12.1. The van der Waals surface area contributed by atoms with Crippen LogP contribution in [0.25, 0.3) is 0 Å². The van der Waals surface area contributed by atoms with E-state index in [0.717, 1.165) is 77.0 Å².